The minimum absolute atomic E-state index is 0.0980. The Morgan fingerprint density at radius 1 is 1.47 bits per heavy atom. The summed E-state index contributed by atoms with van der Waals surface area (Å²) in [6.45, 7) is 2.19. The monoisotopic (exact) mass is 330 g/mol. The maximum atomic E-state index is 11.9. The standard InChI is InChI=1S/C13H19BrN2O3/c1-13(19,8-16(2)3)7-15-12(18)10-5-4-9(14)6-11(10)17/h4-6,17,19H,7-8H2,1-3H3,(H,15,18). The SMILES string of the molecule is CN(C)CC(C)(O)CNC(=O)c1ccc(Br)cc1O. The molecule has 0 aliphatic carbocycles. The average Bonchev–Trinajstić information content (AvgIpc) is 2.24. The summed E-state index contributed by atoms with van der Waals surface area (Å²) in [5.41, 5.74) is -0.840. The number of nitrogens with zero attached hydrogens (tertiary/aromatic N) is 1. The van der Waals surface area contributed by atoms with E-state index in [0.29, 0.717) is 11.0 Å². The fourth-order valence-electron chi connectivity index (χ4n) is 1.80. The van der Waals surface area contributed by atoms with Crippen molar-refractivity contribution in [3.63, 3.8) is 0 Å². The lowest BCUT2D eigenvalue weighted by molar-refractivity contribution is 0.0325. The normalized spacial score (nSPS) is 14.2. The van der Waals surface area contributed by atoms with Gasteiger partial charge in [-0.1, -0.05) is 15.9 Å². The Bertz CT molecular complexity index is 461. The van der Waals surface area contributed by atoms with Gasteiger partial charge < -0.3 is 20.4 Å². The number of hydrogen-bond donors (Lipinski definition) is 3. The Labute approximate surface area is 121 Å². The first-order valence-electron chi connectivity index (χ1n) is 5.85. The molecular formula is C13H19BrN2O3. The predicted octanol–water partition coefficient (Wildman–Crippen LogP) is 1.20. The van der Waals surface area contributed by atoms with E-state index in [2.05, 4.69) is 21.2 Å². The van der Waals surface area contributed by atoms with Crippen molar-refractivity contribution in [3.05, 3.63) is 28.2 Å². The van der Waals surface area contributed by atoms with Crippen LogP contribution in [0.2, 0.25) is 0 Å². The molecule has 0 bridgehead atoms. The summed E-state index contributed by atoms with van der Waals surface area (Å²) < 4.78 is 0.696. The Kier molecular flexibility index (Phi) is 5.34. The van der Waals surface area contributed by atoms with Crippen molar-refractivity contribution >= 4 is 21.8 Å². The first kappa shape index (κ1) is 15.9. The van der Waals surface area contributed by atoms with Gasteiger partial charge in [0.25, 0.3) is 5.91 Å². The van der Waals surface area contributed by atoms with E-state index in [1.807, 2.05) is 19.0 Å². The van der Waals surface area contributed by atoms with E-state index >= 15 is 0 Å². The largest absolute Gasteiger partial charge is 0.507 e. The van der Waals surface area contributed by atoms with Crippen molar-refractivity contribution < 1.29 is 15.0 Å². The molecule has 106 valence electrons. The smallest absolute Gasteiger partial charge is 0.255 e. The van der Waals surface area contributed by atoms with Gasteiger partial charge in [-0.25, -0.2) is 0 Å². The number of halogens is 1. The number of aromatic hydroxyl groups is 1. The minimum Gasteiger partial charge on any atom is -0.507 e. The number of phenols is 1. The van der Waals surface area contributed by atoms with Gasteiger partial charge in [0.15, 0.2) is 0 Å². The molecule has 0 saturated heterocycles. The highest BCUT2D eigenvalue weighted by atomic mass is 79.9. The number of hydrogen-bond acceptors (Lipinski definition) is 4. The van der Waals surface area contributed by atoms with Gasteiger partial charge in [-0.15, -0.1) is 0 Å². The molecule has 1 aromatic rings. The molecule has 0 heterocycles. The molecule has 0 radical (unpaired) electrons. The van der Waals surface area contributed by atoms with Gasteiger partial charge in [-0.3, -0.25) is 4.79 Å². The van der Waals surface area contributed by atoms with Gasteiger partial charge in [0.1, 0.15) is 5.75 Å². The molecule has 0 aromatic heterocycles. The number of carbonyl (C=O) groups is 1. The molecule has 1 rings (SSSR count). The summed E-state index contributed by atoms with van der Waals surface area (Å²) in [5, 5.41) is 22.4. The first-order chi connectivity index (χ1) is 8.71. The number of carbonyl (C=O) groups excluding carboxylic acids is 1. The second kappa shape index (κ2) is 6.36. The summed E-state index contributed by atoms with van der Waals surface area (Å²) in [5.74, 6) is -0.511. The van der Waals surface area contributed by atoms with Crippen molar-refractivity contribution in [2.24, 2.45) is 0 Å². The topological polar surface area (TPSA) is 72.8 Å². The van der Waals surface area contributed by atoms with Crippen LogP contribution in [0.1, 0.15) is 17.3 Å². The Morgan fingerprint density at radius 2 is 2.11 bits per heavy atom. The van der Waals surface area contributed by atoms with Gasteiger partial charge in [-0.05, 0) is 39.2 Å². The number of amides is 1. The fraction of sp³-hybridized carbons (Fsp3) is 0.462. The third-order valence-corrected chi connectivity index (χ3v) is 2.98. The lowest BCUT2D eigenvalue weighted by Crippen LogP contribution is -2.47. The van der Waals surface area contributed by atoms with E-state index in [1.54, 1.807) is 13.0 Å². The van der Waals surface area contributed by atoms with Crippen molar-refractivity contribution in [2.45, 2.75) is 12.5 Å². The lowest BCUT2D eigenvalue weighted by Gasteiger charge is -2.27. The molecule has 1 atom stereocenters. The zero-order chi connectivity index (χ0) is 14.6. The molecule has 1 aromatic carbocycles. The number of benzene rings is 1. The number of phenolic OH excluding ortho intramolecular Hbond substituents is 1. The van der Waals surface area contributed by atoms with Gasteiger partial charge in [0.05, 0.1) is 11.2 Å². The molecule has 0 aliphatic heterocycles. The highest BCUT2D eigenvalue weighted by Gasteiger charge is 2.23. The van der Waals surface area contributed by atoms with E-state index in [9.17, 15) is 15.0 Å². The number of rotatable bonds is 5. The Balaban J connectivity index is 2.65. The summed E-state index contributed by atoms with van der Waals surface area (Å²) in [6.07, 6.45) is 0. The van der Waals surface area contributed by atoms with Crippen molar-refractivity contribution in [2.75, 3.05) is 27.2 Å². The summed E-state index contributed by atoms with van der Waals surface area (Å²) in [4.78, 5) is 13.7. The Hall–Kier alpha value is -1.11. The van der Waals surface area contributed by atoms with Crippen LogP contribution in [0.4, 0.5) is 0 Å². The molecule has 5 nitrogen and oxygen atoms in total. The van der Waals surface area contributed by atoms with Crippen LogP contribution in [-0.4, -0.2) is 53.8 Å². The molecule has 19 heavy (non-hydrogen) atoms. The van der Waals surface area contributed by atoms with Crippen LogP contribution in [0.5, 0.6) is 5.75 Å². The first-order valence-corrected chi connectivity index (χ1v) is 6.64. The molecule has 1 unspecified atom stereocenters. The van der Waals surface area contributed by atoms with E-state index in [-0.39, 0.29) is 17.9 Å². The quantitative estimate of drug-likeness (QED) is 0.758. The Morgan fingerprint density at radius 3 is 2.63 bits per heavy atom. The molecule has 1 amide bonds. The van der Waals surface area contributed by atoms with Crippen molar-refractivity contribution in [1.29, 1.82) is 0 Å². The lowest BCUT2D eigenvalue weighted by atomic mass is 10.1. The second-order valence-corrected chi connectivity index (χ2v) is 5.99. The van der Waals surface area contributed by atoms with Crippen LogP contribution in [0.25, 0.3) is 0 Å². The second-order valence-electron chi connectivity index (χ2n) is 5.08. The fourth-order valence-corrected chi connectivity index (χ4v) is 2.15. The van der Waals surface area contributed by atoms with Crippen LogP contribution in [-0.2, 0) is 0 Å². The maximum absolute atomic E-state index is 11.9. The van der Waals surface area contributed by atoms with E-state index < -0.39 is 11.5 Å². The van der Waals surface area contributed by atoms with Crippen molar-refractivity contribution in [1.82, 2.24) is 10.2 Å². The van der Waals surface area contributed by atoms with E-state index in [1.165, 1.54) is 12.1 Å². The summed E-state index contributed by atoms with van der Waals surface area (Å²) >= 11 is 3.21. The zero-order valence-corrected chi connectivity index (χ0v) is 12.9. The van der Waals surface area contributed by atoms with E-state index in [0.717, 1.165) is 0 Å². The molecular weight excluding hydrogens is 312 g/mol. The van der Waals surface area contributed by atoms with Crippen LogP contribution in [0.3, 0.4) is 0 Å². The van der Waals surface area contributed by atoms with Gasteiger partial charge in [0, 0.05) is 17.6 Å². The number of likely N-dealkylation sites (N-methyl/N-ethyl adjacent to an activating group) is 1. The molecule has 0 saturated carbocycles. The van der Waals surface area contributed by atoms with Crippen molar-refractivity contribution in [3.8, 4) is 5.75 Å². The summed E-state index contributed by atoms with van der Waals surface area (Å²) in [6, 6.07) is 4.65. The van der Waals surface area contributed by atoms with Crippen LogP contribution in [0.15, 0.2) is 22.7 Å². The predicted molar refractivity (Wildman–Crippen MR) is 77.3 cm³/mol. The number of nitrogens with one attached hydrogen (secondary N) is 1. The molecule has 0 spiro atoms. The zero-order valence-electron chi connectivity index (χ0n) is 11.3. The van der Waals surface area contributed by atoms with Gasteiger partial charge in [0.2, 0.25) is 0 Å². The average molecular weight is 331 g/mol. The third kappa shape index (κ3) is 5.18. The highest BCUT2D eigenvalue weighted by Crippen LogP contribution is 2.22. The van der Waals surface area contributed by atoms with Crippen LogP contribution in [0, 0.1) is 0 Å². The maximum Gasteiger partial charge on any atom is 0.255 e. The molecule has 6 heteroatoms. The van der Waals surface area contributed by atoms with Gasteiger partial charge >= 0.3 is 0 Å². The summed E-state index contributed by atoms with van der Waals surface area (Å²) in [7, 11) is 3.69. The third-order valence-electron chi connectivity index (χ3n) is 2.49. The van der Waals surface area contributed by atoms with Crippen LogP contribution >= 0.6 is 15.9 Å². The molecule has 0 fully saturated rings. The molecule has 3 N–H and O–H groups in total. The van der Waals surface area contributed by atoms with E-state index in [4.69, 9.17) is 0 Å². The molecule has 0 aliphatic rings. The van der Waals surface area contributed by atoms with Gasteiger partial charge in [-0.2, -0.15) is 0 Å². The minimum atomic E-state index is -1.02. The number of aliphatic hydroxyl groups is 1. The van der Waals surface area contributed by atoms with Crippen LogP contribution < -0.4 is 5.32 Å². The highest BCUT2D eigenvalue weighted by molar-refractivity contribution is 9.10.